The highest BCUT2D eigenvalue weighted by atomic mass is 31.2. The molecule has 1 aromatic carbocycles. The summed E-state index contributed by atoms with van der Waals surface area (Å²) in [6.45, 7) is 7.18. The molecule has 2 aliphatic heterocycles. The fourth-order valence-corrected chi connectivity index (χ4v) is 5.96. The van der Waals surface area contributed by atoms with Gasteiger partial charge in [0.2, 0.25) is 0 Å². The predicted octanol–water partition coefficient (Wildman–Crippen LogP) is 2.52. The zero-order valence-corrected chi connectivity index (χ0v) is 14.0. The van der Waals surface area contributed by atoms with Crippen LogP contribution < -0.4 is 14.8 Å². The van der Waals surface area contributed by atoms with Crippen LogP contribution in [-0.4, -0.2) is 50.6 Å². The van der Waals surface area contributed by atoms with Gasteiger partial charge in [-0.2, -0.15) is 0 Å². The molecule has 0 radical (unpaired) electrons. The quantitative estimate of drug-likeness (QED) is 0.787. The minimum absolute atomic E-state index is 0.368. The van der Waals surface area contributed by atoms with E-state index < -0.39 is 7.14 Å². The van der Waals surface area contributed by atoms with E-state index in [4.69, 9.17) is 9.47 Å². The summed E-state index contributed by atoms with van der Waals surface area (Å²) in [5, 5.41) is 0.898. The van der Waals surface area contributed by atoms with Crippen molar-refractivity contribution < 1.29 is 14.0 Å². The molecule has 0 aliphatic carbocycles. The van der Waals surface area contributed by atoms with Gasteiger partial charge in [0.15, 0.2) is 11.5 Å². The molecule has 0 spiro atoms. The Kier molecular flexibility index (Phi) is 4.02. The Bertz CT molecular complexity index is 573. The van der Waals surface area contributed by atoms with Gasteiger partial charge in [-0.3, -0.25) is 0 Å². The van der Waals surface area contributed by atoms with Crippen LogP contribution in [0.4, 0.5) is 0 Å². The molecular formula is C16H24NO3P. The van der Waals surface area contributed by atoms with E-state index in [1.807, 2.05) is 6.07 Å². The third kappa shape index (κ3) is 2.72. The van der Waals surface area contributed by atoms with Crippen molar-refractivity contribution in [3.63, 3.8) is 0 Å². The summed E-state index contributed by atoms with van der Waals surface area (Å²) in [6, 6.07) is 4.10. The normalized spacial score (nSPS) is 21.5. The summed E-state index contributed by atoms with van der Waals surface area (Å²) in [6.07, 6.45) is 1.47. The molecule has 1 saturated heterocycles. The average Bonchev–Trinajstić information content (AvgIpc) is 2.49. The summed E-state index contributed by atoms with van der Waals surface area (Å²) in [4.78, 5) is 2.24. The van der Waals surface area contributed by atoms with E-state index in [1.165, 1.54) is 0 Å². The molecule has 4 nitrogen and oxygen atoms in total. The summed E-state index contributed by atoms with van der Waals surface area (Å²) in [7, 11) is -0.277. The van der Waals surface area contributed by atoms with Crippen LogP contribution in [0.15, 0.2) is 12.1 Å². The minimum atomic E-state index is -2.36. The summed E-state index contributed by atoms with van der Waals surface area (Å²) in [5.41, 5.74) is 1.15. The van der Waals surface area contributed by atoms with Gasteiger partial charge < -0.3 is 18.9 Å². The topological polar surface area (TPSA) is 38.8 Å². The van der Waals surface area contributed by atoms with E-state index in [2.05, 4.69) is 31.9 Å². The molecule has 0 N–H and O–H groups in total. The van der Waals surface area contributed by atoms with Crippen molar-refractivity contribution in [3.8, 4) is 11.5 Å². The second-order valence-corrected chi connectivity index (χ2v) is 9.48. The first-order chi connectivity index (χ1) is 10.0. The number of nitrogens with zero attached hydrogens (tertiary/aromatic N) is 1. The highest BCUT2D eigenvalue weighted by molar-refractivity contribution is 7.71. The van der Waals surface area contributed by atoms with Crippen LogP contribution in [0.5, 0.6) is 11.5 Å². The van der Waals surface area contributed by atoms with E-state index in [0.29, 0.717) is 19.1 Å². The summed E-state index contributed by atoms with van der Waals surface area (Å²) >= 11 is 0. The highest BCUT2D eigenvalue weighted by Gasteiger charge is 2.35. The standard InChI is InChI=1S/C16H24NO3P/c1-12(2)13-4-5-14(16-15(13)19-8-9-20-16)21(18)10-6-17(3)7-11-21/h4-5,12H,6-11H2,1-3H3. The lowest BCUT2D eigenvalue weighted by molar-refractivity contribution is 0.171. The van der Waals surface area contributed by atoms with E-state index in [1.54, 1.807) is 0 Å². The second kappa shape index (κ2) is 5.66. The van der Waals surface area contributed by atoms with Gasteiger partial charge in [-0.25, -0.2) is 0 Å². The van der Waals surface area contributed by atoms with Crippen LogP contribution in [0.3, 0.4) is 0 Å². The van der Waals surface area contributed by atoms with Crippen LogP contribution in [0.25, 0.3) is 0 Å². The van der Waals surface area contributed by atoms with Gasteiger partial charge in [-0.1, -0.05) is 19.9 Å². The average molecular weight is 309 g/mol. The van der Waals surface area contributed by atoms with E-state index >= 15 is 0 Å². The van der Waals surface area contributed by atoms with Crippen LogP contribution in [0, 0.1) is 0 Å². The number of hydrogen-bond acceptors (Lipinski definition) is 4. The number of ether oxygens (including phenoxy) is 2. The van der Waals surface area contributed by atoms with Gasteiger partial charge in [-0.05, 0) is 19.0 Å². The molecule has 0 amide bonds. The Hall–Kier alpha value is -0.990. The van der Waals surface area contributed by atoms with Crippen molar-refractivity contribution >= 4 is 12.4 Å². The first kappa shape index (κ1) is 14.9. The maximum atomic E-state index is 13.4. The van der Waals surface area contributed by atoms with E-state index in [0.717, 1.165) is 47.8 Å². The molecule has 0 unspecified atom stereocenters. The van der Waals surface area contributed by atoms with Crippen molar-refractivity contribution in [2.45, 2.75) is 19.8 Å². The highest BCUT2D eigenvalue weighted by Crippen LogP contribution is 2.51. The Morgan fingerprint density at radius 2 is 1.71 bits per heavy atom. The smallest absolute Gasteiger partial charge is 0.172 e. The minimum Gasteiger partial charge on any atom is -0.486 e. The summed E-state index contributed by atoms with van der Waals surface area (Å²) < 4.78 is 25.1. The Morgan fingerprint density at radius 1 is 1.10 bits per heavy atom. The molecule has 1 aromatic rings. The number of benzene rings is 1. The molecule has 1 fully saturated rings. The Labute approximate surface area is 126 Å². The van der Waals surface area contributed by atoms with Crippen LogP contribution in [0.2, 0.25) is 0 Å². The number of hydrogen-bond donors (Lipinski definition) is 0. The van der Waals surface area contributed by atoms with Crippen LogP contribution in [-0.2, 0) is 4.57 Å². The Balaban J connectivity index is 2.05. The fourth-order valence-electron chi connectivity index (χ4n) is 3.05. The molecular weight excluding hydrogens is 285 g/mol. The third-order valence-electron chi connectivity index (χ3n) is 4.44. The molecule has 116 valence electrons. The molecule has 0 aromatic heterocycles. The molecule has 2 aliphatic rings. The van der Waals surface area contributed by atoms with Crippen molar-refractivity contribution in [2.24, 2.45) is 0 Å². The van der Waals surface area contributed by atoms with Crippen molar-refractivity contribution in [2.75, 3.05) is 45.7 Å². The maximum Gasteiger partial charge on any atom is 0.172 e. The lowest BCUT2D eigenvalue weighted by Gasteiger charge is -2.32. The monoisotopic (exact) mass is 309 g/mol. The van der Waals surface area contributed by atoms with E-state index in [-0.39, 0.29) is 0 Å². The van der Waals surface area contributed by atoms with Crippen molar-refractivity contribution in [3.05, 3.63) is 17.7 Å². The third-order valence-corrected chi connectivity index (χ3v) is 7.52. The maximum absolute atomic E-state index is 13.4. The second-order valence-electron chi connectivity index (χ2n) is 6.32. The Morgan fingerprint density at radius 3 is 2.33 bits per heavy atom. The largest absolute Gasteiger partial charge is 0.486 e. The van der Waals surface area contributed by atoms with Crippen molar-refractivity contribution in [1.29, 1.82) is 0 Å². The van der Waals surface area contributed by atoms with Crippen molar-refractivity contribution in [1.82, 2.24) is 4.90 Å². The lowest BCUT2D eigenvalue weighted by atomic mass is 10.0. The zero-order valence-electron chi connectivity index (χ0n) is 13.1. The van der Waals surface area contributed by atoms with Gasteiger partial charge in [0, 0.05) is 31.0 Å². The zero-order chi connectivity index (χ0) is 15.0. The first-order valence-electron chi connectivity index (χ1n) is 7.71. The molecule has 21 heavy (non-hydrogen) atoms. The lowest BCUT2D eigenvalue weighted by Crippen LogP contribution is -2.35. The molecule has 0 bridgehead atoms. The molecule has 3 rings (SSSR count). The first-order valence-corrected chi connectivity index (χ1v) is 9.79. The van der Waals surface area contributed by atoms with Crippen LogP contribution >= 0.6 is 7.14 Å². The van der Waals surface area contributed by atoms with Gasteiger partial charge in [0.05, 0.1) is 5.30 Å². The molecule has 2 heterocycles. The number of fused-ring (bicyclic) bond motifs is 1. The van der Waals surface area contributed by atoms with Gasteiger partial charge in [-0.15, -0.1) is 0 Å². The SMILES string of the molecule is CC(C)c1ccc(P2(=O)CCN(C)CC2)c2c1OCCO2. The van der Waals surface area contributed by atoms with Gasteiger partial charge in [0.25, 0.3) is 0 Å². The fraction of sp³-hybridized carbons (Fsp3) is 0.625. The summed E-state index contributed by atoms with van der Waals surface area (Å²) in [5.74, 6) is 1.94. The van der Waals surface area contributed by atoms with Gasteiger partial charge >= 0.3 is 0 Å². The number of rotatable bonds is 2. The van der Waals surface area contributed by atoms with Gasteiger partial charge in [0.1, 0.15) is 20.4 Å². The molecule has 0 atom stereocenters. The predicted molar refractivity (Wildman–Crippen MR) is 86.0 cm³/mol. The molecule has 5 heteroatoms. The molecule has 0 saturated carbocycles. The van der Waals surface area contributed by atoms with Crippen LogP contribution in [0.1, 0.15) is 25.3 Å². The van der Waals surface area contributed by atoms with E-state index in [9.17, 15) is 4.57 Å².